The summed E-state index contributed by atoms with van der Waals surface area (Å²) in [6.07, 6.45) is 2.97. The molecule has 10 heteroatoms. The normalized spacial score (nSPS) is 17.9. The number of aliphatic hydroxyl groups is 1. The number of aromatic nitrogens is 1. The van der Waals surface area contributed by atoms with Crippen LogP contribution in [0.15, 0.2) is 47.5 Å². The summed E-state index contributed by atoms with van der Waals surface area (Å²) in [4.78, 5) is 28.3. The fraction of sp³-hybridized carbons (Fsp3) is 0.333. The van der Waals surface area contributed by atoms with Crippen molar-refractivity contribution in [3.63, 3.8) is 0 Å². The summed E-state index contributed by atoms with van der Waals surface area (Å²) in [5, 5.41) is 14.2. The summed E-state index contributed by atoms with van der Waals surface area (Å²) >= 11 is 0. The fourth-order valence-corrected chi connectivity index (χ4v) is 5.53. The highest BCUT2D eigenvalue weighted by molar-refractivity contribution is 7.90. The maximum atomic E-state index is 12.9. The summed E-state index contributed by atoms with van der Waals surface area (Å²) in [5.41, 5.74) is 8.85. The molecule has 0 aliphatic heterocycles. The molecule has 0 saturated heterocycles. The highest BCUT2D eigenvalue weighted by Gasteiger charge is 2.45. The summed E-state index contributed by atoms with van der Waals surface area (Å²) in [6.45, 7) is 5.73. The number of ether oxygens (including phenoxy) is 1. The Morgan fingerprint density at radius 2 is 2.03 bits per heavy atom. The lowest BCUT2D eigenvalue weighted by Crippen LogP contribution is -2.31. The number of Topliss-reactive ketones (excluding diaryl/α,β-unsaturated/α-hetero) is 1. The molecule has 37 heavy (non-hydrogen) atoms. The first-order valence-electron chi connectivity index (χ1n) is 12.0. The van der Waals surface area contributed by atoms with E-state index in [1.165, 1.54) is 6.20 Å². The molecule has 4 rings (SSSR count). The van der Waals surface area contributed by atoms with Crippen LogP contribution in [0.1, 0.15) is 75.7 Å². The van der Waals surface area contributed by atoms with Gasteiger partial charge in [0, 0.05) is 35.8 Å². The molecule has 196 valence electrons. The Bertz CT molecular complexity index is 1490. The first kappa shape index (κ1) is 26.4. The van der Waals surface area contributed by atoms with Gasteiger partial charge in [0.05, 0.1) is 16.9 Å². The largest absolute Gasteiger partial charge is 0.457 e. The fourth-order valence-electron chi connectivity index (χ4n) is 4.60. The van der Waals surface area contributed by atoms with Gasteiger partial charge in [0.15, 0.2) is 15.6 Å². The van der Waals surface area contributed by atoms with Crippen LogP contribution in [0.2, 0.25) is 0 Å². The van der Waals surface area contributed by atoms with Gasteiger partial charge in [-0.2, -0.15) is 0 Å². The van der Waals surface area contributed by atoms with Crippen molar-refractivity contribution in [1.29, 1.82) is 0 Å². The monoisotopic (exact) mass is 525 g/mol. The standard InChI is InChI=1S/C27H31N3O6S/c1-5-15(2)17-9-10-18(13-30-26(32)25-16(3)23(14-29-25)37(4,34)35)22(11-17)36-27(33)12-21(31)24-19(27)7-6-8-20(24)28/h6-11,14-15,29,33H,5,12-13,28H2,1-4H3,(H,30,32). The van der Waals surface area contributed by atoms with E-state index in [1.807, 2.05) is 12.1 Å². The molecule has 0 radical (unpaired) electrons. The number of benzene rings is 2. The van der Waals surface area contributed by atoms with Crippen LogP contribution in [-0.2, 0) is 22.2 Å². The number of amides is 1. The number of anilines is 1. The van der Waals surface area contributed by atoms with Gasteiger partial charge in [-0.25, -0.2) is 8.42 Å². The summed E-state index contributed by atoms with van der Waals surface area (Å²) < 4.78 is 30.0. The van der Waals surface area contributed by atoms with Crippen LogP contribution in [0.3, 0.4) is 0 Å². The van der Waals surface area contributed by atoms with E-state index in [1.54, 1.807) is 31.2 Å². The second kappa shape index (κ2) is 9.68. The van der Waals surface area contributed by atoms with Gasteiger partial charge >= 0.3 is 0 Å². The van der Waals surface area contributed by atoms with Crippen LogP contribution in [0.5, 0.6) is 5.75 Å². The lowest BCUT2D eigenvalue weighted by atomic mass is 9.96. The average molecular weight is 526 g/mol. The topological polar surface area (TPSA) is 152 Å². The molecule has 9 nitrogen and oxygen atoms in total. The van der Waals surface area contributed by atoms with Crippen LogP contribution in [0.25, 0.3) is 0 Å². The molecule has 3 aromatic rings. The van der Waals surface area contributed by atoms with Crippen LogP contribution < -0.4 is 15.8 Å². The number of sulfone groups is 1. The molecule has 2 atom stereocenters. The van der Waals surface area contributed by atoms with Crippen molar-refractivity contribution in [3.05, 3.63) is 76.1 Å². The number of hydrogen-bond donors (Lipinski definition) is 4. The maximum Gasteiger partial charge on any atom is 0.268 e. The SMILES string of the molecule is CCC(C)c1ccc(CNC(=O)c2[nH]cc(S(C)(=O)=O)c2C)c(OC2(O)CC(=O)c3c(N)cccc32)c1. The second-order valence-corrected chi connectivity index (χ2v) is 11.5. The van der Waals surface area contributed by atoms with Gasteiger partial charge in [0.1, 0.15) is 11.4 Å². The molecule has 1 aromatic heterocycles. The first-order chi connectivity index (χ1) is 17.4. The van der Waals surface area contributed by atoms with Gasteiger partial charge in [0.25, 0.3) is 5.91 Å². The van der Waals surface area contributed by atoms with E-state index in [9.17, 15) is 23.1 Å². The summed E-state index contributed by atoms with van der Waals surface area (Å²) in [5.74, 6) is -2.17. The lowest BCUT2D eigenvalue weighted by molar-refractivity contribution is -0.138. The molecule has 0 spiro atoms. The molecule has 1 aliphatic carbocycles. The quantitative estimate of drug-likeness (QED) is 0.259. The van der Waals surface area contributed by atoms with Gasteiger partial charge in [-0.1, -0.05) is 38.1 Å². The van der Waals surface area contributed by atoms with Gasteiger partial charge in [-0.15, -0.1) is 0 Å². The van der Waals surface area contributed by atoms with E-state index in [4.69, 9.17) is 10.5 Å². The number of nitrogens with two attached hydrogens (primary N) is 1. The number of ketones is 1. The summed E-state index contributed by atoms with van der Waals surface area (Å²) in [6, 6.07) is 10.4. The van der Waals surface area contributed by atoms with Crippen molar-refractivity contribution in [1.82, 2.24) is 10.3 Å². The van der Waals surface area contributed by atoms with Crippen molar-refractivity contribution in [2.24, 2.45) is 0 Å². The Morgan fingerprint density at radius 1 is 1.30 bits per heavy atom. The molecule has 1 aliphatic rings. The average Bonchev–Trinajstić information content (AvgIpc) is 3.35. The number of carbonyl (C=O) groups excluding carboxylic acids is 2. The van der Waals surface area contributed by atoms with Gasteiger partial charge in [-0.05, 0) is 42.5 Å². The van der Waals surface area contributed by atoms with Crippen molar-refractivity contribution in [3.8, 4) is 5.75 Å². The van der Waals surface area contributed by atoms with Crippen molar-refractivity contribution < 1.29 is 27.9 Å². The van der Waals surface area contributed by atoms with E-state index in [-0.39, 0.29) is 46.5 Å². The highest BCUT2D eigenvalue weighted by Crippen LogP contribution is 2.42. The number of hydrogen-bond acceptors (Lipinski definition) is 7. The Kier molecular flexibility index (Phi) is 6.91. The molecule has 0 fully saturated rings. The molecule has 0 saturated carbocycles. The third kappa shape index (κ3) is 4.99. The Hall–Kier alpha value is -3.63. The molecule has 2 unspecified atom stereocenters. The zero-order valence-corrected chi connectivity index (χ0v) is 22.0. The molecular formula is C27H31N3O6S. The minimum absolute atomic E-state index is 0.0371. The molecular weight excluding hydrogens is 494 g/mol. The zero-order chi connectivity index (χ0) is 27.1. The predicted molar refractivity (Wildman–Crippen MR) is 139 cm³/mol. The Balaban J connectivity index is 1.65. The number of H-pyrrole nitrogens is 1. The van der Waals surface area contributed by atoms with E-state index >= 15 is 0 Å². The predicted octanol–water partition coefficient (Wildman–Crippen LogP) is 3.56. The summed E-state index contributed by atoms with van der Waals surface area (Å²) in [7, 11) is -3.48. The highest BCUT2D eigenvalue weighted by atomic mass is 32.2. The van der Waals surface area contributed by atoms with Crippen LogP contribution in [0, 0.1) is 6.92 Å². The number of carbonyl (C=O) groups is 2. The lowest BCUT2D eigenvalue weighted by Gasteiger charge is -2.27. The number of nitrogens with one attached hydrogen (secondary N) is 2. The van der Waals surface area contributed by atoms with Crippen molar-refractivity contribution >= 4 is 27.2 Å². The van der Waals surface area contributed by atoms with Gasteiger partial charge < -0.3 is 25.9 Å². The minimum Gasteiger partial charge on any atom is -0.457 e. The third-order valence-electron chi connectivity index (χ3n) is 6.91. The molecule has 1 heterocycles. The smallest absolute Gasteiger partial charge is 0.268 e. The molecule has 5 N–H and O–H groups in total. The third-order valence-corrected chi connectivity index (χ3v) is 8.13. The Morgan fingerprint density at radius 3 is 2.68 bits per heavy atom. The van der Waals surface area contributed by atoms with E-state index in [2.05, 4.69) is 24.1 Å². The van der Waals surface area contributed by atoms with Crippen LogP contribution >= 0.6 is 0 Å². The molecule has 2 aromatic carbocycles. The number of rotatable bonds is 8. The molecule has 1 amide bonds. The second-order valence-electron chi connectivity index (χ2n) is 9.54. The van der Waals surface area contributed by atoms with E-state index in [0.717, 1.165) is 18.2 Å². The molecule has 0 bridgehead atoms. The van der Waals surface area contributed by atoms with Gasteiger partial charge in [-0.3, -0.25) is 9.59 Å². The zero-order valence-electron chi connectivity index (χ0n) is 21.2. The Labute approximate surface area is 216 Å². The number of aromatic amines is 1. The number of fused-ring (bicyclic) bond motifs is 1. The number of nitrogen functional groups attached to an aromatic ring is 1. The van der Waals surface area contributed by atoms with Crippen LogP contribution in [-0.4, -0.2) is 36.5 Å². The van der Waals surface area contributed by atoms with Crippen molar-refractivity contribution in [2.75, 3.05) is 12.0 Å². The van der Waals surface area contributed by atoms with Gasteiger partial charge in [0.2, 0.25) is 5.79 Å². The minimum atomic E-state index is -3.48. The maximum absolute atomic E-state index is 12.9. The first-order valence-corrected chi connectivity index (χ1v) is 13.9. The van der Waals surface area contributed by atoms with Crippen LogP contribution in [0.4, 0.5) is 5.69 Å². The van der Waals surface area contributed by atoms with E-state index in [0.29, 0.717) is 22.4 Å². The van der Waals surface area contributed by atoms with E-state index < -0.39 is 21.5 Å². The van der Waals surface area contributed by atoms with Crippen molar-refractivity contribution in [2.45, 2.75) is 56.8 Å².